The number of piperazine rings is 1. The molecule has 2 atom stereocenters. The van der Waals surface area contributed by atoms with E-state index in [4.69, 9.17) is 0 Å². The van der Waals surface area contributed by atoms with Crippen molar-refractivity contribution in [2.45, 2.75) is 24.8 Å². The zero-order valence-corrected chi connectivity index (χ0v) is 10.0. The van der Waals surface area contributed by atoms with Crippen LogP contribution in [0.2, 0.25) is 0 Å². The van der Waals surface area contributed by atoms with Crippen molar-refractivity contribution in [2.24, 2.45) is 0 Å². The van der Waals surface area contributed by atoms with Crippen molar-refractivity contribution in [3.05, 3.63) is 23.4 Å². The van der Waals surface area contributed by atoms with Crippen molar-refractivity contribution in [3.8, 4) is 0 Å². The first kappa shape index (κ1) is 12.7. The monoisotopic (exact) mass is 275 g/mol. The van der Waals surface area contributed by atoms with E-state index in [9.17, 15) is 17.6 Å². The molecule has 19 heavy (non-hydrogen) atoms. The highest BCUT2D eigenvalue weighted by atomic mass is 19.4. The highest BCUT2D eigenvalue weighted by Crippen LogP contribution is 2.41. The number of alkyl halides is 4. The molecule has 0 spiro atoms. The molecule has 3 heterocycles. The van der Waals surface area contributed by atoms with E-state index < -0.39 is 17.9 Å². The molecule has 1 N–H and O–H groups in total. The molecule has 1 saturated heterocycles. The summed E-state index contributed by atoms with van der Waals surface area (Å²) in [5.74, 6) is 0.359. The van der Waals surface area contributed by atoms with Crippen molar-refractivity contribution in [3.63, 3.8) is 0 Å². The van der Waals surface area contributed by atoms with Gasteiger partial charge in [-0.3, -0.25) is 0 Å². The van der Waals surface area contributed by atoms with E-state index in [-0.39, 0.29) is 18.0 Å². The maximum Gasteiger partial charge on any atom is 0.417 e. The lowest BCUT2D eigenvalue weighted by Crippen LogP contribution is -2.54. The maximum atomic E-state index is 14.1. The standard InChI is InChI=1S/C12H13F4N3/c13-10-4-8-6-17-1-2-19(8)11-9(10)3-7(5-18-11)12(14,15)16/h3,5,8,10,17H,1-2,4,6H2/t8-,10-/m1/s1. The Labute approximate surface area is 107 Å². The molecule has 0 bridgehead atoms. The number of anilines is 1. The Morgan fingerprint density at radius 2 is 2.16 bits per heavy atom. The Balaban J connectivity index is 2.02. The minimum absolute atomic E-state index is 0.0273. The fourth-order valence-electron chi connectivity index (χ4n) is 2.72. The van der Waals surface area contributed by atoms with Crippen LogP contribution in [0.4, 0.5) is 23.4 Å². The summed E-state index contributed by atoms with van der Waals surface area (Å²) in [5.41, 5.74) is -0.824. The predicted octanol–water partition coefficient (Wildman–Crippen LogP) is 2.29. The number of nitrogens with one attached hydrogen (secondary N) is 1. The van der Waals surface area contributed by atoms with Crippen LogP contribution in [0.1, 0.15) is 23.7 Å². The first-order valence-electron chi connectivity index (χ1n) is 6.15. The molecule has 3 nitrogen and oxygen atoms in total. The minimum Gasteiger partial charge on any atom is -0.351 e. The zero-order valence-electron chi connectivity index (χ0n) is 10.0. The van der Waals surface area contributed by atoms with Gasteiger partial charge in [0.2, 0.25) is 0 Å². The quantitative estimate of drug-likeness (QED) is 0.736. The molecule has 1 aromatic heterocycles. The Bertz CT molecular complexity index is 488. The van der Waals surface area contributed by atoms with Gasteiger partial charge in [0, 0.05) is 43.9 Å². The summed E-state index contributed by atoms with van der Waals surface area (Å²) in [6, 6.07) is 0.867. The van der Waals surface area contributed by atoms with Crippen LogP contribution in [-0.4, -0.2) is 30.7 Å². The van der Waals surface area contributed by atoms with Gasteiger partial charge in [-0.25, -0.2) is 9.37 Å². The largest absolute Gasteiger partial charge is 0.417 e. The minimum atomic E-state index is -4.48. The molecule has 7 heteroatoms. The molecule has 1 aromatic rings. The lowest BCUT2D eigenvalue weighted by molar-refractivity contribution is -0.137. The number of hydrogen-bond donors (Lipinski definition) is 1. The smallest absolute Gasteiger partial charge is 0.351 e. The normalized spacial score (nSPS) is 26.8. The molecule has 0 radical (unpaired) electrons. The van der Waals surface area contributed by atoms with Crippen LogP contribution in [0.5, 0.6) is 0 Å². The average Bonchev–Trinajstić information content (AvgIpc) is 2.37. The van der Waals surface area contributed by atoms with Gasteiger partial charge in [0.05, 0.1) is 5.56 Å². The molecule has 104 valence electrons. The summed E-state index contributed by atoms with van der Waals surface area (Å²) in [6.45, 7) is 2.01. The van der Waals surface area contributed by atoms with Crippen LogP contribution in [-0.2, 0) is 6.18 Å². The second-order valence-electron chi connectivity index (χ2n) is 4.89. The second kappa shape index (κ2) is 4.33. The molecular formula is C12H13F4N3. The van der Waals surface area contributed by atoms with Gasteiger partial charge in [0.25, 0.3) is 0 Å². The van der Waals surface area contributed by atoms with E-state index in [0.717, 1.165) is 18.8 Å². The van der Waals surface area contributed by atoms with Gasteiger partial charge in [0.1, 0.15) is 12.0 Å². The van der Waals surface area contributed by atoms with Gasteiger partial charge in [-0.1, -0.05) is 0 Å². The molecule has 0 aliphatic carbocycles. The fourth-order valence-corrected chi connectivity index (χ4v) is 2.72. The molecule has 2 aliphatic heterocycles. The number of pyridine rings is 1. The van der Waals surface area contributed by atoms with Crippen molar-refractivity contribution < 1.29 is 17.6 Å². The van der Waals surface area contributed by atoms with E-state index in [1.54, 1.807) is 0 Å². The molecular weight excluding hydrogens is 262 g/mol. The van der Waals surface area contributed by atoms with Crippen molar-refractivity contribution in [1.29, 1.82) is 0 Å². The van der Waals surface area contributed by atoms with E-state index in [1.807, 2.05) is 4.90 Å². The van der Waals surface area contributed by atoms with Gasteiger partial charge in [0.15, 0.2) is 0 Å². The summed E-state index contributed by atoms with van der Waals surface area (Å²) in [4.78, 5) is 5.76. The number of halogens is 4. The first-order valence-corrected chi connectivity index (χ1v) is 6.15. The predicted molar refractivity (Wildman–Crippen MR) is 61.7 cm³/mol. The third-order valence-corrected chi connectivity index (χ3v) is 3.66. The third-order valence-electron chi connectivity index (χ3n) is 3.66. The Kier molecular flexibility index (Phi) is 2.88. The van der Waals surface area contributed by atoms with Crippen LogP contribution >= 0.6 is 0 Å². The lowest BCUT2D eigenvalue weighted by atomic mass is 9.94. The summed E-state index contributed by atoms with van der Waals surface area (Å²) >= 11 is 0. The molecule has 2 aliphatic rings. The fraction of sp³-hybridized carbons (Fsp3) is 0.583. The van der Waals surface area contributed by atoms with Crippen molar-refractivity contribution >= 4 is 5.82 Å². The topological polar surface area (TPSA) is 28.2 Å². The van der Waals surface area contributed by atoms with E-state index in [1.165, 1.54) is 0 Å². The van der Waals surface area contributed by atoms with Crippen molar-refractivity contribution in [1.82, 2.24) is 10.3 Å². The number of nitrogens with zero attached hydrogens (tertiary/aromatic N) is 2. The van der Waals surface area contributed by atoms with Gasteiger partial charge in [-0.2, -0.15) is 13.2 Å². The summed E-state index contributed by atoms with van der Waals surface area (Å²) in [5, 5.41) is 3.15. The SMILES string of the molecule is F[C@@H]1C[C@@H]2CNCCN2c2ncc(C(F)(F)F)cc21. The van der Waals surface area contributed by atoms with Crippen LogP contribution in [0.3, 0.4) is 0 Å². The maximum absolute atomic E-state index is 14.1. The Hall–Kier alpha value is -1.37. The first-order chi connectivity index (χ1) is 8.97. The number of rotatable bonds is 0. The highest BCUT2D eigenvalue weighted by Gasteiger charge is 2.38. The van der Waals surface area contributed by atoms with Crippen LogP contribution < -0.4 is 10.2 Å². The number of fused-ring (bicyclic) bond motifs is 3. The van der Waals surface area contributed by atoms with Gasteiger partial charge in [-0.05, 0) is 6.07 Å². The molecule has 3 rings (SSSR count). The molecule has 0 aromatic carbocycles. The molecule has 0 saturated carbocycles. The van der Waals surface area contributed by atoms with E-state index >= 15 is 0 Å². The van der Waals surface area contributed by atoms with Gasteiger partial charge in [-0.15, -0.1) is 0 Å². The molecule has 0 amide bonds. The second-order valence-corrected chi connectivity index (χ2v) is 4.89. The van der Waals surface area contributed by atoms with E-state index in [0.29, 0.717) is 18.9 Å². The number of aromatic nitrogens is 1. The average molecular weight is 275 g/mol. The van der Waals surface area contributed by atoms with Crippen LogP contribution in [0, 0.1) is 0 Å². The van der Waals surface area contributed by atoms with Crippen LogP contribution in [0.25, 0.3) is 0 Å². The molecule has 1 fully saturated rings. The Morgan fingerprint density at radius 3 is 2.89 bits per heavy atom. The van der Waals surface area contributed by atoms with E-state index in [2.05, 4.69) is 10.3 Å². The van der Waals surface area contributed by atoms with Crippen LogP contribution in [0.15, 0.2) is 12.3 Å². The van der Waals surface area contributed by atoms with Crippen molar-refractivity contribution in [2.75, 3.05) is 24.5 Å². The summed E-state index contributed by atoms with van der Waals surface area (Å²) < 4.78 is 51.9. The summed E-state index contributed by atoms with van der Waals surface area (Å²) in [6.07, 6.45) is -4.87. The zero-order chi connectivity index (χ0) is 13.6. The lowest BCUT2D eigenvalue weighted by Gasteiger charge is -2.42. The highest BCUT2D eigenvalue weighted by molar-refractivity contribution is 5.53. The molecule has 0 unspecified atom stereocenters. The Morgan fingerprint density at radius 1 is 1.37 bits per heavy atom. The van der Waals surface area contributed by atoms with Gasteiger partial charge >= 0.3 is 6.18 Å². The third kappa shape index (κ3) is 2.16. The summed E-state index contributed by atoms with van der Waals surface area (Å²) in [7, 11) is 0. The van der Waals surface area contributed by atoms with Gasteiger partial charge < -0.3 is 10.2 Å². The number of hydrogen-bond acceptors (Lipinski definition) is 3.